The summed E-state index contributed by atoms with van der Waals surface area (Å²) < 4.78 is 0. The second-order valence-corrected chi connectivity index (χ2v) is 4.78. The summed E-state index contributed by atoms with van der Waals surface area (Å²) in [5.41, 5.74) is 0.0621. The minimum absolute atomic E-state index is 0.0621. The molecule has 0 aliphatic heterocycles. The van der Waals surface area contributed by atoms with E-state index in [1.165, 1.54) is 12.8 Å². The van der Waals surface area contributed by atoms with Crippen LogP contribution in [0.25, 0.3) is 0 Å². The van der Waals surface area contributed by atoms with E-state index in [0.717, 1.165) is 13.0 Å². The van der Waals surface area contributed by atoms with Crippen molar-refractivity contribution in [1.82, 2.24) is 10.6 Å². The van der Waals surface area contributed by atoms with Gasteiger partial charge in [-0.1, -0.05) is 20.3 Å². The maximum Gasteiger partial charge on any atom is 0.0935 e. The number of unbranched alkanes of at least 4 members (excludes halogenated alkanes) is 1. The van der Waals surface area contributed by atoms with Crippen LogP contribution in [0, 0.1) is 0 Å². The molecule has 0 saturated carbocycles. The average molecular weight is 202 g/mol. The molecule has 14 heavy (non-hydrogen) atoms. The van der Waals surface area contributed by atoms with Gasteiger partial charge in [0.05, 0.1) is 6.73 Å². The zero-order valence-electron chi connectivity index (χ0n) is 10.1. The van der Waals surface area contributed by atoms with Gasteiger partial charge in [0.25, 0.3) is 0 Å². The fraction of sp³-hybridized carbons (Fsp3) is 1.00. The molecule has 3 N–H and O–H groups in total. The summed E-state index contributed by atoms with van der Waals surface area (Å²) in [6.07, 6.45) is 3.50. The molecular formula is C11H26N2O. The third-order valence-electron chi connectivity index (χ3n) is 2.34. The lowest BCUT2D eigenvalue weighted by Crippen LogP contribution is -2.39. The number of rotatable bonds is 8. The molecule has 0 aromatic rings. The number of aliphatic hydroxyl groups excluding tert-OH is 1. The van der Waals surface area contributed by atoms with Crippen molar-refractivity contribution < 1.29 is 5.11 Å². The summed E-state index contributed by atoms with van der Waals surface area (Å²) in [5, 5.41) is 15.2. The Bertz CT molecular complexity index is 135. The third-order valence-corrected chi connectivity index (χ3v) is 2.34. The fourth-order valence-electron chi connectivity index (χ4n) is 1.39. The maximum absolute atomic E-state index is 8.75. The highest BCUT2D eigenvalue weighted by Crippen LogP contribution is 2.11. The summed E-state index contributed by atoms with van der Waals surface area (Å²) in [6.45, 7) is 9.73. The van der Waals surface area contributed by atoms with Crippen LogP contribution in [0.3, 0.4) is 0 Å². The van der Waals surface area contributed by atoms with E-state index in [1.807, 2.05) is 0 Å². The van der Waals surface area contributed by atoms with E-state index in [4.69, 9.17) is 5.11 Å². The standard InChI is InChI=1S/C11H26N2O/c1-10(2)12-8-6-5-7-11(3,4)13-9-14/h10,12-14H,5-9H2,1-4H3. The Labute approximate surface area is 88.3 Å². The maximum atomic E-state index is 8.75. The van der Waals surface area contributed by atoms with Crippen LogP contribution in [-0.2, 0) is 0 Å². The Morgan fingerprint density at radius 2 is 1.86 bits per heavy atom. The van der Waals surface area contributed by atoms with Crippen LogP contribution in [0.4, 0.5) is 0 Å². The molecule has 0 aromatic carbocycles. The largest absolute Gasteiger partial charge is 0.381 e. The van der Waals surface area contributed by atoms with Crippen LogP contribution in [0.2, 0.25) is 0 Å². The van der Waals surface area contributed by atoms with Gasteiger partial charge in [-0.2, -0.15) is 0 Å². The van der Waals surface area contributed by atoms with Crippen molar-refractivity contribution in [1.29, 1.82) is 0 Å². The topological polar surface area (TPSA) is 44.3 Å². The summed E-state index contributed by atoms with van der Waals surface area (Å²) in [5.74, 6) is 0. The van der Waals surface area contributed by atoms with Gasteiger partial charge in [-0.05, 0) is 33.2 Å². The van der Waals surface area contributed by atoms with Gasteiger partial charge in [-0.15, -0.1) is 0 Å². The molecule has 0 aliphatic carbocycles. The molecule has 0 aliphatic rings. The Balaban J connectivity index is 3.34. The van der Waals surface area contributed by atoms with Crippen LogP contribution in [0.15, 0.2) is 0 Å². The first-order valence-electron chi connectivity index (χ1n) is 5.57. The van der Waals surface area contributed by atoms with Gasteiger partial charge in [0.2, 0.25) is 0 Å². The molecule has 0 bridgehead atoms. The lowest BCUT2D eigenvalue weighted by molar-refractivity contribution is 0.201. The predicted molar refractivity (Wildman–Crippen MR) is 61.3 cm³/mol. The summed E-state index contributed by atoms with van der Waals surface area (Å²) in [6, 6.07) is 0.582. The zero-order chi connectivity index (χ0) is 11.0. The Kier molecular flexibility index (Phi) is 7.15. The molecule has 0 fully saturated rings. The van der Waals surface area contributed by atoms with Crippen LogP contribution < -0.4 is 10.6 Å². The van der Waals surface area contributed by atoms with E-state index < -0.39 is 0 Å². The fourth-order valence-corrected chi connectivity index (χ4v) is 1.39. The van der Waals surface area contributed by atoms with Gasteiger partial charge in [-0.25, -0.2) is 0 Å². The molecule has 3 nitrogen and oxygen atoms in total. The Morgan fingerprint density at radius 3 is 2.36 bits per heavy atom. The van der Waals surface area contributed by atoms with Gasteiger partial charge >= 0.3 is 0 Å². The zero-order valence-corrected chi connectivity index (χ0v) is 10.1. The van der Waals surface area contributed by atoms with Gasteiger partial charge < -0.3 is 10.4 Å². The number of aliphatic hydroxyl groups is 1. The van der Waals surface area contributed by atoms with Crippen molar-refractivity contribution in [2.24, 2.45) is 0 Å². The highest BCUT2D eigenvalue weighted by atomic mass is 16.3. The van der Waals surface area contributed by atoms with Crippen molar-refractivity contribution in [2.45, 2.75) is 58.5 Å². The van der Waals surface area contributed by atoms with Crippen LogP contribution in [0.1, 0.15) is 47.0 Å². The van der Waals surface area contributed by atoms with Gasteiger partial charge in [0.1, 0.15) is 0 Å². The monoisotopic (exact) mass is 202 g/mol. The van der Waals surface area contributed by atoms with Crippen molar-refractivity contribution in [3.05, 3.63) is 0 Å². The van der Waals surface area contributed by atoms with E-state index >= 15 is 0 Å². The van der Waals surface area contributed by atoms with Crippen LogP contribution in [-0.4, -0.2) is 30.0 Å². The molecule has 0 rings (SSSR count). The Morgan fingerprint density at radius 1 is 1.21 bits per heavy atom. The minimum Gasteiger partial charge on any atom is -0.381 e. The first-order chi connectivity index (χ1) is 6.48. The molecule has 0 unspecified atom stereocenters. The van der Waals surface area contributed by atoms with Crippen LogP contribution >= 0.6 is 0 Å². The predicted octanol–water partition coefficient (Wildman–Crippen LogP) is 1.47. The molecule has 0 atom stereocenters. The third kappa shape index (κ3) is 8.48. The number of hydrogen-bond acceptors (Lipinski definition) is 3. The van der Waals surface area contributed by atoms with E-state index in [-0.39, 0.29) is 12.3 Å². The summed E-state index contributed by atoms with van der Waals surface area (Å²) in [7, 11) is 0. The first kappa shape index (κ1) is 13.9. The van der Waals surface area contributed by atoms with Gasteiger partial charge in [0.15, 0.2) is 0 Å². The van der Waals surface area contributed by atoms with E-state index in [2.05, 4.69) is 38.3 Å². The van der Waals surface area contributed by atoms with Gasteiger partial charge in [-0.3, -0.25) is 5.32 Å². The highest BCUT2D eigenvalue weighted by molar-refractivity contribution is 4.75. The second-order valence-electron chi connectivity index (χ2n) is 4.78. The average Bonchev–Trinajstić information content (AvgIpc) is 2.02. The molecular weight excluding hydrogens is 176 g/mol. The van der Waals surface area contributed by atoms with Crippen molar-refractivity contribution >= 4 is 0 Å². The van der Waals surface area contributed by atoms with Crippen molar-refractivity contribution in [2.75, 3.05) is 13.3 Å². The smallest absolute Gasteiger partial charge is 0.0935 e. The summed E-state index contributed by atoms with van der Waals surface area (Å²) >= 11 is 0. The SMILES string of the molecule is CC(C)NCCCCC(C)(C)NCO. The molecule has 0 radical (unpaired) electrons. The summed E-state index contributed by atoms with van der Waals surface area (Å²) in [4.78, 5) is 0. The van der Waals surface area contributed by atoms with E-state index in [1.54, 1.807) is 0 Å². The number of nitrogens with one attached hydrogen (secondary N) is 2. The molecule has 3 heteroatoms. The van der Waals surface area contributed by atoms with Gasteiger partial charge in [0, 0.05) is 11.6 Å². The molecule has 0 spiro atoms. The Hall–Kier alpha value is -0.120. The lowest BCUT2D eigenvalue weighted by atomic mass is 9.97. The normalized spacial score (nSPS) is 12.4. The quantitative estimate of drug-likeness (QED) is 0.412. The molecule has 0 heterocycles. The van der Waals surface area contributed by atoms with E-state index in [0.29, 0.717) is 6.04 Å². The lowest BCUT2D eigenvalue weighted by Gasteiger charge is -2.25. The highest BCUT2D eigenvalue weighted by Gasteiger charge is 2.14. The molecule has 0 saturated heterocycles. The minimum atomic E-state index is 0.0621. The molecule has 0 amide bonds. The van der Waals surface area contributed by atoms with E-state index in [9.17, 15) is 0 Å². The van der Waals surface area contributed by atoms with Crippen LogP contribution in [0.5, 0.6) is 0 Å². The van der Waals surface area contributed by atoms with Crippen molar-refractivity contribution in [3.8, 4) is 0 Å². The second kappa shape index (κ2) is 7.21. The number of hydrogen-bond donors (Lipinski definition) is 3. The molecule has 0 aromatic heterocycles. The van der Waals surface area contributed by atoms with Crippen molar-refractivity contribution in [3.63, 3.8) is 0 Å². The molecule has 86 valence electrons. The first-order valence-corrected chi connectivity index (χ1v) is 5.57.